The van der Waals surface area contributed by atoms with Crippen LogP contribution < -0.4 is 15.0 Å². The van der Waals surface area contributed by atoms with Gasteiger partial charge < -0.3 is 15.0 Å². The zero-order chi connectivity index (χ0) is 22.3. The summed E-state index contributed by atoms with van der Waals surface area (Å²) in [6.45, 7) is 7.00. The van der Waals surface area contributed by atoms with E-state index in [9.17, 15) is 4.39 Å². The van der Waals surface area contributed by atoms with Gasteiger partial charge >= 0.3 is 0 Å². The van der Waals surface area contributed by atoms with E-state index >= 15 is 0 Å². The number of aromatic nitrogens is 4. The number of fused-ring (bicyclic) bond motifs is 1. The van der Waals surface area contributed by atoms with Crippen molar-refractivity contribution in [1.82, 2.24) is 24.9 Å². The van der Waals surface area contributed by atoms with Crippen molar-refractivity contribution in [3.63, 3.8) is 0 Å². The Morgan fingerprint density at radius 3 is 2.62 bits per heavy atom. The minimum atomic E-state index is -0.286. The van der Waals surface area contributed by atoms with E-state index in [4.69, 9.17) is 14.8 Å². The zero-order valence-corrected chi connectivity index (χ0v) is 18.3. The van der Waals surface area contributed by atoms with Gasteiger partial charge in [-0.15, -0.1) is 5.10 Å². The lowest BCUT2D eigenvalue weighted by molar-refractivity contribution is 0.351. The maximum Gasteiger partial charge on any atom is 0.213 e. The molecule has 1 aliphatic heterocycles. The highest BCUT2D eigenvalue weighted by atomic mass is 19.1. The number of benzene rings is 1. The summed E-state index contributed by atoms with van der Waals surface area (Å²) in [6, 6.07) is 14.1. The van der Waals surface area contributed by atoms with E-state index in [1.54, 1.807) is 25.4 Å². The van der Waals surface area contributed by atoms with E-state index in [1.807, 2.05) is 28.8 Å². The molecule has 8 heteroatoms. The molecule has 0 radical (unpaired) electrons. The van der Waals surface area contributed by atoms with Crippen molar-refractivity contribution in [2.75, 3.05) is 31.6 Å². The second-order valence-corrected chi connectivity index (χ2v) is 8.60. The first-order valence-electron chi connectivity index (χ1n) is 10.6. The van der Waals surface area contributed by atoms with Crippen LogP contribution in [0.5, 0.6) is 5.88 Å². The quantitative estimate of drug-likeness (QED) is 0.529. The second-order valence-electron chi connectivity index (χ2n) is 8.60. The summed E-state index contributed by atoms with van der Waals surface area (Å²) in [5.74, 6) is 1.10. The number of nitrogens with one attached hydrogen (secondary N) is 1. The van der Waals surface area contributed by atoms with Gasteiger partial charge in [0.2, 0.25) is 5.88 Å². The van der Waals surface area contributed by atoms with E-state index in [1.165, 1.54) is 12.1 Å². The first-order valence-corrected chi connectivity index (χ1v) is 10.6. The smallest absolute Gasteiger partial charge is 0.213 e. The molecule has 0 bridgehead atoms. The third-order valence-corrected chi connectivity index (χ3v) is 5.69. The highest BCUT2D eigenvalue weighted by Gasteiger charge is 2.27. The Morgan fingerprint density at radius 2 is 1.88 bits per heavy atom. The Labute approximate surface area is 185 Å². The Bertz CT molecular complexity index is 1270. The number of piperazine rings is 1. The predicted molar refractivity (Wildman–Crippen MR) is 122 cm³/mol. The number of halogens is 1. The third-order valence-electron chi connectivity index (χ3n) is 5.69. The number of pyridine rings is 1. The average molecular weight is 433 g/mol. The van der Waals surface area contributed by atoms with Crippen LogP contribution in [-0.4, -0.2) is 51.9 Å². The van der Waals surface area contributed by atoms with Crippen molar-refractivity contribution in [2.24, 2.45) is 0 Å². The number of ether oxygens (including phenoxy) is 1. The molecular formula is C24H25FN6O. The second kappa shape index (κ2) is 7.87. The van der Waals surface area contributed by atoms with E-state index in [0.29, 0.717) is 11.5 Å². The molecule has 3 aromatic heterocycles. The molecule has 5 rings (SSSR count). The number of anilines is 1. The summed E-state index contributed by atoms with van der Waals surface area (Å²) in [5.41, 5.74) is 3.94. The van der Waals surface area contributed by atoms with Gasteiger partial charge in [0.25, 0.3) is 0 Å². The lowest BCUT2D eigenvalue weighted by atomic mass is 10.0. The molecule has 4 aromatic rings. The Kier molecular flexibility index (Phi) is 5.01. The van der Waals surface area contributed by atoms with Gasteiger partial charge in [0.1, 0.15) is 17.3 Å². The summed E-state index contributed by atoms with van der Waals surface area (Å²) in [5, 5.41) is 8.51. The summed E-state index contributed by atoms with van der Waals surface area (Å²) < 4.78 is 20.8. The number of methoxy groups -OCH3 is 1. The molecule has 1 N–H and O–H groups in total. The van der Waals surface area contributed by atoms with E-state index in [0.717, 1.165) is 48.0 Å². The fraction of sp³-hybridized carbons (Fsp3) is 0.292. The number of imidazole rings is 1. The average Bonchev–Trinajstić information content (AvgIpc) is 3.17. The van der Waals surface area contributed by atoms with Crippen molar-refractivity contribution in [1.29, 1.82) is 0 Å². The Morgan fingerprint density at radius 1 is 1.06 bits per heavy atom. The van der Waals surface area contributed by atoms with Gasteiger partial charge in [0.05, 0.1) is 12.8 Å². The Hall–Kier alpha value is -3.52. The SMILES string of the molecule is COc1cc(-c2c(-c3ccc(F)cc3)nc3ccc(N4CCNC(C)(C)C4)nn23)ccn1. The van der Waals surface area contributed by atoms with Crippen LogP contribution in [0.2, 0.25) is 0 Å². The first-order chi connectivity index (χ1) is 15.4. The van der Waals surface area contributed by atoms with Crippen LogP contribution in [0, 0.1) is 5.82 Å². The molecule has 1 fully saturated rings. The van der Waals surface area contributed by atoms with Gasteiger partial charge in [-0.3, -0.25) is 0 Å². The van der Waals surface area contributed by atoms with Gasteiger partial charge in [-0.25, -0.2) is 18.9 Å². The van der Waals surface area contributed by atoms with Gasteiger partial charge in [-0.05, 0) is 56.3 Å². The summed E-state index contributed by atoms with van der Waals surface area (Å²) in [6.07, 6.45) is 1.70. The third kappa shape index (κ3) is 3.78. The maximum absolute atomic E-state index is 13.6. The van der Waals surface area contributed by atoms with Crippen LogP contribution in [-0.2, 0) is 0 Å². The molecule has 0 unspecified atom stereocenters. The predicted octanol–water partition coefficient (Wildman–Crippen LogP) is 3.79. The van der Waals surface area contributed by atoms with E-state index in [2.05, 4.69) is 29.0 Å². The first kappa shape index (κ1) is 20.4. The maximum atomic E-state index is 13.6. The van der Waals surface area contributed by atoms with E-state index < -0.39 is 0 Å². The molecule has 0 aliphatic carbocycles. The molecule has 1 aromatic carbocycles. The van der Waals surface area contributed by atoms with Gasteiger partial charge in [-0.2, -0.15) is 0 Å². The van der Waals surface area contributed by atoms with Crippen molar-refractivity contribution >= 4 is 11.5 Å². The monoisotopic (exact) mass is 432 g/mol. The number of hydrogen-bond donors (Lipinski definition) is 1. The van der Waals surface area contributed by atoms with Crippen molar-refractivity contribution in [3.05, 3.63) is 60.5 Å². The summed E-state index contributed by atoms with van der Waals surface area (Å²) in [7, 11) is 1.59. The topological polar surface area (TPSA) is 67.6 Å². The molecule has 0 amide bonds. The molecular weight excluding hydrogens is 407 g/mol. The van der Waals surface area contributed by atoms with Crippen LogP contribution in [0.4, 0.5) is 10.2 Å². The minimum Gasteiger partial charge on any atom is -0.481 e. The Balaban J connectivity index is 1.70. The summed E-state index contributed by atoms with van der Waals surface area (Å²) in [4.78, 5) is 11.4. The molecule has 0 saturated carbocycles. The normalized spacial score (nSPS) is 15.8. The fourth-order valence-corrected chi connectivity index (χ4v) is 4.17. The standard InChI is InChI=1S/C24H25FN6O/c1-24(2)15-30(13-12-27-24)20-9-8-19-28-22(16-4-6-18(25)7-5-16)23(31(19)29-20)17-10-11-26-21(14-17)32-3/h4-11,14,27H,12-13,15H2,1-3H3. The van der Waals surface area contributed by atoms with Gasteiger partial charge in [0, 0.05) is 48.6 Å². The van der Waals surface area contributed by atoms with Crippen LogP contribution >= 0.6 is 0 Å². The molecule has 164 valence electrons. The van der Waals surface area contributed by atoms with Crippen LogP contribution in [0.3, 0.4) is 0 Å². The fourth-order valence-electron chi connectivity index (χ4n) is 4.17. The number of nitrogens with zero attached hydrogens (tertiary/aromatic N) is 5. The molecule has 1 aliphatic rings. The van der Waals surface area contributed by atoms with Gasteiger partial charge in [0.15, 0.2) is 5.65 Å². The molecule has 32 heavy (non-hydrogen) atoms. The van der Waals surface area contributed by atoms with Crippen LogP contribution in [0.25, 0.3) is 28.2 Å². The lowest BCUT2D eigenvalue weighted by Crippen LogP contribution is -2.57. The van der Waals surface area contributed by atoms with Crippen molar-refractivity contribution < 1.29 is 9.13 Å². The molecule has 1 saturated heterocycles. The zero-order valence-electron chi connectivity index (χ0n) is 18.3. The molecule has 4 heterocycles. The summed E-state index contributed by atoms with van der Waals surface area (Å²) >= 11 is 0. The minimum absolute atomic E-state index is 0.00436. The van der Waals surface area contributed by atoms with Crippen LogP contribution in [0.15, 0.2) is 54.7 Å². The van der Waals surface area contributed by atoms with Crippen molar-refractivity contribution in [2.45, 2.75) is 19.4 Å². The van der Waals surface area contributed by atoms with Gasteiger partial charge in [-0.1, -0.05) is 0 Å². The number of rotatable bonds is 4. The lowest BCUT2D eigenvalue weighted by Gasteiger charge is -2.39. The van der Waals surface area contributed by atoms with E-state index in [-0.39, 0.29) is 11.4 Å². The number of hydrogen-bond acceptors (Lipinski definition) is 6. The van der Waals surface area contributed by atoms with Crippen LogP contribution in [0.1, 0.15) is 13.8 Å². The molecule has 0 atom stereocenters. The molecule has 0 spiro atoms. The highest BCUT2D eigenvalue weighted by molar-refractivity contribution is 5.82. The largest absolute Gasteiger partial charge is 0.481 e. The molecule has 7 nitrogen and oxygen atoms in total. The van der Waals surface area contributed by atoms with Crippen molar-refractivity contribution in [3.8, 4) is 28.4 Å². The highest BCUT2D eigenvalue weighted by Crippen LogP contribution is 2.34.